The number of carbonyl (C=O) groups excluding carboxylic acids is 1. The first-order valence-corrected chi connectivity index (χ1v) is 10.0. The third-order valence-corrected chi connectivity index (χ3v) is 5.53. The highest BCUT2D eigenvalue weighted by Gasteiger charge is 2.25. The number of nitrogens with two attached hydrogens (primary N) is 1. The molecule has 1 saturated heterocycles. The molecule has 1 aromatic heterocycles. The average molecular weight is 408 g/mol. The minimum atomic E-state index is -0.302. The zero-order chi connectivity index (χ0) is 21.1. The molecule has 1 aliphatic rings. The van der Waals surface area contributed by atoms with E-state index in [2.05, 4.69) is 4.90 Å². The van der Waals surface area contributed by atoms with Crippen molar-refractivity contribution in [3.8, 4) is 22.7 Å². The molecular weight excluding hydrogens is 383 g/mol. The third-order valence-electron chi connectivity index (χ3n) is 5.53. The predicted octanol–water partition coefficient (Wildman–Crippen LogP) is 3.38. The lowest BCUT2D eigenvalue weighted by Gasteiger charge is -2.30. The van der Waals surface area contributed by atoms with Crippen molar-refractivity contribution in [1.82, 2.24) is 14.7 Å². The molecule has 1 fully saturated rings. The number of amides is 1. The molecule has 2 aromatic carbocycles. The van der Waals surface area contributed by atoms with E-state index in [4.69, 9.17) is 15.6 Å². The topological polar surface area (TPSA) is 73.4 Å². The van der Waals surface area contributed by atoms with Gasteiger partial charge >= 0.3 is 0 Å². The minimum Gasteiger partial charge on any atom is -0.497 e. The maximum Gasteiger partial charge on any atom is 0.221 e. The largest absolute Gasteiger partial charge is 0.497 e. The second-order valence-electron chi connectivity index (χ2n) is 7.63. The van der Waals surface area contributed by atoms with E-state index >= 15 is 0 Å². The molecule has 1 atom stereocenters. The van der Waals surface area contributed by atoms with Crippen molar-refractivity contribution >= 4 is 5.91 Å². The first-order chi connectivity index (χ1) is 14.5. The molecule has 7 heteroatoms. The molecule has 0 saturated carbocycles. The maximum atomic E-state index is 13.9. The van der Waals surface area contributed by atoms with Crippen LogP contribution in [0.3, 0.4) is 0 Å². The van der Waals surface area contributed by atoms with Crippen LogP contribution in [0.4, 0.5) is 4.39 Å². The molecule has 2 heterocycles. The van der Waals surface area contributed by atoms with Crippen molar-refractivity contribution in [2.75, 3.05) is 20.2 Å². The lowest BCUT2D eigenvalue weighted by molar-refractivity contribution is -0.123. The fourth-order valence-corrected chi connectivity index (χ4v) is 3.94. The number of likely N-dealkylation sites (tertiary alicyclic amines) is 1. The number of nitrogens with zero attached hydrogens (tertiary/aromatic N) is 3. The van der Waals surface area contributed by atoms with E-state index in [0.29, 0.717) is 13.1 Å². The van der Waals surface area contributed by atoms with Crippen LogP contribution < -0.4 is 10.5 Å². The summed E-state index contributed by atoms with van der Waals surface area (Å²) in [6.45, 7) is 2.14. The molecule has 1 aliphatic heterocycles. The second-order valence-corrected chi connectivity index (χ2v) is 7.63. The van der Waals surface area contributed by atoms with Crippen molar-refractivity contribution in [2.24, 2.45) is 11.7 Å². The fourth-order valence-electron chi connectivity index (χ4n) is 3.94. The summed E-state index contributed by atoms with van der Waals surface area (Å²) in [6.07, 6.45) is 3.72. The van der Waals surface area contributed by atoms with E-state index in [9.17, 15) is 9.18 Å². The minimum absolute atomic E-state index is 0.131. The van der Waals surface area contributed by atoms with Gasteiger partial charge in [-0.1, -0.05) is 12.1 Å². The zero-order valence-electron chi connectivity index (χ0n) is 16.9. The van der Waals surface area contributed by atoms with E-state index in [1.807, 2.05) is 36.5 Å². The lowest BCUT2D eigenvalue weighted by atomic mass is 9.97. The smallest absolute Gasteiger partial charge is 0.221 e. The molecular formula is C23H25FN4O2. The van der Waals surface area contributed by atoms with Gasteiger partial charge in [0.05, 0.1) is 24.4 Å². The number of hydrogen-bond acceptors (Lipinski definition) is 4. The van der Waals surface area contributed by atoms with E-state index in [0.717, 1.165) is 47.6 Å². The van der Waals surface area contributed by atoms with Crippen molar-refractivity contribution in [3.05, 3.63) is 66.1 Å². The summed E-state index contributed by atoms with van der Waals surface area (Å²) in [5, 5.41) is 4.76. The van der Waals surface area contributed by atoms with Gasteiger partial charge in [-0.25, -0.2) is 9.07 Å². The first-order valence-electron chi connectivity index (χ1n) is 10.0. The summed E-state index contributed by atoms with van der Waals surface area (Å²) in [5.74, 6) is 0.0819. The van der Waals surface area contributed by atoms with Crippen molar-refractivity contribution < 1.29 is 13.9 Å². The highest BCUT2D eigenvalue weighted by atomic mass is 19.1. The first kappa shape index (κ1) is 20.1. The Morgan fingerprint density at radius 1 is 1.27 bits per heavy atom. The molecule has 1 unspecified atom stereocenters. The summed E-state index contributed by atoms with van der Waals surface area (Å²) >= 11 is 0. The number of carbonyl (C=O) groups is 1. The van der Waals surface area contributed by atoms with Gasteiger partial charge in [-0.3, -0.25) is 9.69 Å². The number of primary amides is 1. The van der Waals surface area contributed by atoms with Crippen molar-refractivity contribution in [2.45, 2.75) is 19.4 Å². The Morgan fingerprint density at radius 3 is 2.77 bits per heavy atom. The van der Waals surface area contributed by atoms with Gasteiger partial charge in [-0.2, -0.15) is 5.10 Å². The van der Waals surface area contributed by atoms with Gasteiger partial charge in [0.25, 0.3) is 0 Å². The molecule has 4 rings (SSSR count). The third kappa shape index (κ3) is 4.36. The van der Waals surface area contributed by atoms with Crippen LogP contribution in [0, 0.1) is 11.7 Å². The average Bonchev–Trinajstić information content (AvgIpc) is 3.17. The second kappa shape index (κ2) is 8.67. The van der Waals surface area contributed by atoms with E-state index in [-0.39, 0.29) is 17.6 Å². The molecule has 1 amide bonds. The molecule has 0 spiro atoms. The van der Waals surface area contributed by atoms with Crippen molar-refractivity contribution in [3.63, 3.8) is 0 Å². The van der Waals surface area contributed by atoms with Crippen LogP contribution in [0.25, 0.3) is 16.9 Å². The molecule has 6 nitrogen and oxygen atoms in total. The molecule has 30 heavy (non-hydrogen) atoms. The van der Waals surface area contributed by atoms with Gasteiger partial charge in [0, 0.05) is 30.4 Å². The van der Waals surface area contributed by atoms with Crippen LogP contribution in [0.1, 0.15) is 18.4 Å². The van der Waals surface area contributed by atoms with Crippen molar-refractivity contribution in [1.29, 1.82) is 0 Å². The number of hydrogen-bond donors (Lipinski definition) is 1. The number of methoxy groups -OCH3 is 1. The summed E-state index contributed by atoms with van der Waals surface area (Å²) < 4.78 is 20.9. The predicted molar refractivity (Wildman–Crippen MR) is 113 cm³/mol. The summed E-state index contributed by atoms with van der Waals surface area (Å²) in [4.78, 5) is 13.9. The van der Waals surface area contributed by atoms with Crippen LogP contribution in [-0.2, 0) is 11.3 Å². The Hall–Kier alpha value is -3.19. The molecule has 0 aliphatic carbocycles. The SMILES string of the molecule is COc1ccc(-n2cc(CN3CCCC(C(N)=O)C3)c(-c3cccc(F)c3)n2)cc1. The molecule has 2 N–H and O–H groups in total. The highest BCUT2D eigenvalue weighted by Crippen LogP contribution is 2.27. The van der Waals surface area contributed by atoms with Gasteiger partial charge in [0.1, 0.15) is 11.6 Å². The molecule has 0 bridgehead atoms. The number of rotatable bonds is 6. The van der Waals surface area contributed by atoms with Gasteiger partial charge in [0.15, 0.2) is 0 Å². The maximum absolute atomic E-state index is 13.9. The number of benzene rings is 2. The summed E-state index contributed by atoms with van der Waals surface area (Å²) in [6, 6.07) is 14.1. The van der Waals surface area contributed by atoms with Gasteiger partial charge in [-0.05, 0) is 55.8 Å². The summed E-state index contributed by atoms with van der Waals surface area (Å²) in [7, 11) is 1.63. The van der Waals surface area contributed by atoms with E-state index < -0.39 is 0 Å². The Morgan fingerprint density at radius 2 is 2.07 bits per heavy atom. The molecule has 156 valence electrons. The highest BCUT2D eigenvalue weighted by molar-refractivity contribution is 5.77. The lowest BCUT2D eigenvalue weighted by Crippen LogP contribution is -2.40. The van der Waals surface area contributed by atoms with E-state index in [1.165, 1.54) is 12.1 Å². The van der Waals surface area contributed by atoms with Gasteiger partial charge in [0.2, 0.25) is 5.91 Å². The van der Waals surface area contributed by atoms with Gasteiger partial charge in [-0.15, -0.1) is 0 Å². The Bertz CT molecular complexity index is 1030. The summed E-state index contributed by atoms with van der Waals surface area (Å²) in [5.41, 5.74) is 8.84. The monoisotopic (exact) mass is 408 g/mol. The van der Waals surface area contributed by atoms with Gasteiger partial charge < -0.3 is 10.5 Å². The molecule has 3 aromatic rings. The van der Waals surface area contributed by atoms with Crippen LogP contribution in [0.15, 0.2) is 54.7 Å². The standard InChI is InChI=1S/C23H25FN4O2/c1-30-21-9-7-20(8-10-21)28-15-18(14-27-11-3-5-17(13-27)23(25)29)22(26-28)16-4-2-6-19(24)12-16/h2,4,6-10,12,15,17H,3,5,11,13-14H2,1H3,(H2,25,29). The normalized spacial score (nSPS) is 17.1. The van der Waals surface area contributed by atoms with Crippen LogP contribution in [0.5, 0.6) is 5.75 Å². The van der Waals surface area contributed by atoms with Crippen LogP contribution in [-0.4, -0.2) is 40.8 Å². The van der Waals surface area contributed by atoms with Crippen LogP contribution in [0.2, 0.25) is 0 Å². The number of halogens is 1. The number of ether oxygens (including phenoxy) is 1. The fraction of sp³-hybridized carbons (Fsp3) is 0.304. The number of aromatic nitrogens is 2. The Balaban J connectivity index is 1.68. The zero-order valence-corrected chi connectivity index (χ0v) is 16.9. The van der Waals surface area contributed by atoms with Crippen LogP contribution >= 0.6 is 0 Å². The Kier molecular flexibility index (Phi) is 5.81. The molecule has 0 radical (unpaired) electrons. The van der Waals surface area contributed by atoms with E-state index in [1.54, 1.807) is 17.9 Å². The number of piperidine rings is 1. The quantitative estimate of drug-likeness (QED) is 0.679. The Labute approximate surface area is 175 Å².